The molecule has 1 aromatic heterocycles. The lowest BCUT2D eigenvalue weighted by Crippen LogP contribution is -2.56. The summed E-state index contributed by atoms with van der Waals surface area (Å²) in [4.78, 5) is 39.1. The fourth-order valence-electron chi connectivity index (χ4n) is 6.40. The predicted octanol–water partition coefficient (Wildman–Crippen LogP) is 9.33. The van der Waals surface area contributed by atoms with Gasteiger partial charge in [0.05, 0.1) is 11.3 Å². The van der Waals surface area contributed by atoms with E-state index in [0.717, 1.165) is 60.3 Å². The molecule has 6 nitrogen and oxygen atoms in total. The number of nitrogens with zero attached hydrogens (tertiary/aromatic N) is 4. The molecule has 1 unspecified atom stereocenters. The molecule has 9 heteroatoms. The highest BCUT2D eigenvalue weighted by Gasteiger charge is 2.34. The second kappa shape index (κ2) is 21.0. The smallest absolute Gasteiger partial charge is 0.338 e. The minimum absolute atomic E-state index is 0.125. The second-order valence-electron chi connectivity index (χ2n) is 13.7. The molecule has 0 N–H and O–H groups in total. The molecule has 3 aromatic carbocycles. The molecule has 4 aromatic rings. The van der Waals surface area contributed by atoms with Gasteiger partial charge in [0.2, 0.25) is 11.8 Å². The zero-order chi connectivity index (χ0) is 38.9. The van der Waals surface area contributed by atoms with E-state index in [-0.39, 0.29) is 18.4 Å². The minimum Gasteiger partial charge on any atom is -0.338 e. The Kier molecular flexibility index (Phi) is 16.2. The van der Waals surface area contributed by atoms with Gasteiger partial charge in [-0.05, 0) is 79.3 Å². The van der Waals surface area contributed by atoms with Gasteiger partial charge < -0.3 is 9.80 Å². The topological polar surface area (TPSA) is 56.8 Å². The standard InChI is InChI=1S/C42H47F3N4O2.C3H6/c1-3-4-6-11-33-15-17-36(18-16-33)30-49(40(50)24-21-34-19-22-37(23-20-34)42(43,44)45)39(29-35-12-7-5-8-13-35)41(51)48-27-25-47(26-28-48)31-38-14-9-10-32(2)46-38;1-3-2/h5,7-10,12-24,39H,3-4,6,11,25-31H2,1-2H3;3H,1H2,2H3/b24-21+;. The summed E-state index contributed by atoms with van der Waals surface area (Å²) in [6.07, 6.45) is 4.89. The number of benzene rings is 3. The third-order valence-corrected chi connectivity index (χ3v) is 9.33. The molecule has 1 atom stereocenters. The van der Waals surface area contributed by atoms with Crippen molar-refractivity contribution in [2.45, 2.75) is 78.2 Å². The van der Waals surface area contributed by atoms with E-state index >= 15 is 0 Å². The van der Waals surface area contributed by atoms with Gasteiger partial charge in [-0.15, -0.1) is 6.58 Å². The van der Waals surface area contributed by atoms with Crippen LogP contribution < -0.4 is 0 Å². The van der Waals surface area contributed by atoms with Gasteiger partial charge in [0.25, 0.3) is 0 Å². The molecule has 54 heavy (non-hydrogen) atoms. The van der Waals surface area contributed by atoms with Gasteiger partial charge in [-0.25, -0.2) is 0 Å². The molecule has 2 heterocycles. The highest BCUT2D eigenvalue weighted by atomic mass is 19.4. The van der Waals surface area contributed by atoms with E-state index in [1.165, 1.54) is 29.8 Å². The van der Waals surface area contributed by atoms with E-state index in [1.54, 1.807) is 11.0 Å². The van der Waals surface area contributed by atoms with E-state index in [9.17, 15) is 22.8 Å². The number of rotatable bonds is 14. The monoisotopic (exact) mass is 738 g/mol. The maximum Gasteiger partial charge on any atom is 0.416 e. The van der Waals surface area contributed by atoms with Crippen LogP contribution in [0.1, 0.15) is 72.3 Å². The van der Waals surface area contributed by atoms with Gasteiger partial charge in [-0.3, -0.25) is 19.5 Å². The molecule has 5 rings (SSSR count). The Morgan fingerprint density at radius 1 is 0.852 bits per heavy atom. The van der Waals surface area contributed by atoms with Crippen LogP contribution in [0.4, 0.5) is 13.2 Å². The number of aromatic nitrogens is 1. The molecule has 0 spiro atoms. The van der Waals surface area contributed by atoms with E-state index < -0.39 is 17.8 Å². The Bertz CT molecular complexity index is 1780. The van der Waals surface area contributed by atoms with Crippen LogP contribution in [0.15, 0.2) is 116 Å². The van der Waals surface area contributed by atoms with Gasteiger partial charge >= 0.3 is 6.18 Å². The largest absolute Gasteiger partial charge is 0.416 e. The maximum atomic E-state index is 14.5. The van der Waals surface area contributed by atoms with E-state index in [2.05, 4.69) is 35.5 Å². The molecule has 1 aliphatic heterocycles. The van der Waals surface area contributed by atoms with Crippen molar-refractivity contribution in [2.24, 2.45) is 0 Å². The lowest BCUT2D eigenvalue weighted by Gasteiger charge is -2.39. The highest BCUT2D eigenvalue weighted by molar-refractivity contribution is 5.95. The van der Waals surface area contributed by atoms with Crippen LogP contribution in [0.25, 0.3) is 6.08 Å². The SMILES string of the molecule is C=CC.CCCCCc1ccc(CN(C(=O)/C=C/c2ccc(C(F)(F)F)cc2)C(Cc2ccccc2)C(=O)N2CCN(Cc3cccc(C)n3)CC2)cc1. The average molecular weight is 739 g/mol. The summed E-state index contributed by atoms with van der Waals surface area (Å²) in [5.74, 6) is -0.514. The first kappa shape index (κ1) is 41.7. The second-order valence-corrected chi connectivity index (χ2v) is 13.7. The number of unbranched alkanes of at least 4 members (excludes halogenated alkanes) is 2. The van der Waals surface area contributed by atoms with Gasteiger partial charge in [0.1, 0.15) is 6.04 Å². The van der Waals surface area contributed by atoms with Gasteiger partial charge in [0, 0.05) is 57.5 Å². The van der Waals surface area contributed by atoms with Crippen LogP contribution in [0.5, 0.6) is 0 Å². The molecule has 286 valence electrons. The van der Waals surface area contributed by atoms with Crippen molar-refractivity contribution in [1.29, 1.82) is 0 Å². The van der Waals surface area contributed by atoms with Crippen molar-refractivity contribution in [2.75, 3.05) is 26.2 Å². The highest BCUT2D eigenvalue weighted by Crippen LogP contribution is 2.29. The maximum absolute atomic E-state index is 14.5. The molecule has 0 saturated carbocycles. The zero-order valence-corrected chi connectivity index (χ0v) is 31.8. The first-order valence-electron chi connectivity index (χ1n) is 18.8. The normalized spacial score (nSPS) is 13.9. The lowest BCUT2D eigenvalue weighted by atomic mass is 10.0. The minimum atomic E-state index is -4.45. The average Bonchev–Trinajstić information content (AvgIpc) is 3.16. The molecular formula is C45H53F3N4O2. The fraction of sp³-hybridized carbons (Fsp3) is 0.356. The summed E-state index contributed by atoms with van der Waals surface area (Å²) >= 11 is 0. The summed E-state index contributed by atoms with van der Waals surface area (Å²) < 4.78 is 39.5. The van der Waals surface area contributed by atoms with Crippen molar-refractivity contribution in [1.82, 2.24) is 19.7 Å². The van der Waals surface area contributed by atoms with Crippen molar-refractivity contribution < 1.29 is 22.8 Å². The van der Waals surface area contributed by atoms with Crippen LogP contribution in [0.3, 0.4) is 0 Å². The number of aryl methyl sites for hydroxylation is 2. The lowest BCUT2D eigenvalue weighted by molar-refractivity contribution is -0.145. The number of piperazine rings is 1. The van der Waals surface area contributed by atoms with E-state index in [0.29, 0.717) is 44.7 Å². The number of pyridine rings is 1. The molecule has 0 bridgehead atoms. The fourth-order valence-corrected chi connectivity index (χ4v) is 6.40. The van der Waals surface area contributed by atoms with E-state index in [1.807, 2.05) is 79.4 Å². The van der Waals surface area contributed by atoms with Gasteiger partial charge in [-0.1, -0.05) is 98.6 Å². The first-order valence-corrected chi connectivity index (χ1v) is 18.8. The zero-order valence-electron chi connectivity index (χ0n) is 31.8. The van der Waals surface area contributed by atoms with Crippen LogP contribution in [-0.2, 0) is 41.7 Å². The molecule has 1 fully saturated rings. The van der Waals surface area contributed by atoms with Crippen LogP contribution in [-0.4, -0.2) is 63.7 Å². The Morgan fingerprint density at radius 2 is 1.50 bits per heavy atom. The quantitative estimate of drug-likeness (QED) is 0.0736. The summed E-state index contributed by atoms with van der Waals surface area (Å²) in [5, 5.41) is 0. The predicted molar refractivity (Wildman–Crippen MR) is 211 cm³/mol. The van der Waals surface area contributed by atoms with Gasteiger partial charge in [-0.2, -0.15) is 13.2 Å². The summed E-state index contributed by atoms with van der Waals surface area (Å²) in [7, 11) is 0. The van der Waals surface area contributed by atoms with Crippen molar-refractivity contribution in [3.05, 3.63) is 155 Å². The molecule has 2 amide bonds. The summed E-state index contributed by atoms with van der Waals surface area (Å²) in [6.45, 7) is 12.7. The van der Waals surface area contributed by atoms with Gasteiger partial charge in [0.15, 0.2) is 0 Å². The molecule has 0 radical (unpaired) electrons. The van der Waals surface area contributed by atoms with Crippen LogP contribution in [0.2, 0.25) is 0 Å². The number of carbonyl (C=O) groups is 2. The van der Waals surface area contributed by atoms with Crippen molar-refractivity contribution >= 4 is 17.9 Å². The van der Waals surface area contributed by atoms with Crippen molar-refractivity contribution in [3.63, 3.8) is 0 Å². The molecular weight excluding hydrogens is 686 g/mol. The molecule has 1 aliphatic rings. The van der Waals surface area contributed by atoms with E-state index in [4.69, 9.17) is 0 Å². The number of halogens is 3. The molecule has 1 saturated heterocycles. The number of amides is 2. The summed E-state index contributed by atoms with van der Waals surface area (Å²) in [6, 6.07) is 27.7. The third-order valence-electron chi connectivity index (χ3n) is 9.33. The Labute approximate surface area is 319 Å². The molecule has 0 aliphatic carbocycles. The third kappa shape index (κ3) is 13.1. The van der Waals surface area contributed by atoms with Crippen LogP contribution in [0, 0.1) is 6.92 Å². The summed E-state index contributed by atoms with van der Waals surface area (Å²) in [5.41, 5.74) is 4.70. The number of allylic oxidation sites excluding steroid dienone is 1. The Hall–Kier alpha value is -5.02. The number of alkyl halides is 3. The number of hydrogen-bond acceptors (Lipinski definition) is 4. The Morgan fingerprint density at radius 3 is 2.11 bits per heavy atom. The number of carbonyl (C=O) groups excluding carboxylic acids is 2. The Balaban J connectivity index is 0.00000209. The van der Waals surface area contributed by atoms with Crippen molar-refractivity contribution in [3.8, 4) is 0 Å². The number of hydrogen-bond donors (Lipinski definition) is 0. The first-order chi connectivity index (χ1) is 26.0. The van der Waals surface area contributed by atoms with Crippen LogP contribution >= 0.6 is 0 Å².